The second kappa shape index (κ2) is 5.45. The highest BCUT2D eigenvalue weighted by Crippen LogP contribution is 2.10. The van der Waals surface area contributed by atoms with Crippen LogP contribution < -0.4 is 5.32 Å². The highest BCUT2D eigenvalue weighted by Gasteiger charge is 1.99. The zero-order valence-electron chi connectivity index (χ0n) is 8.76. The fourth-order valence-corrected chi connectivity index (χ4v) is 1.40. The van der Waals surface area contributed by atoms with Gasteiger partial charge in [0.25, 0.3) is 0 Å². The second-order valence-electron chi connectivity index (χ2n) is 3.20. The molecular weight excluding hydrogens is 284 g/mol. The Morgan fingerprint density at radius 1 is 1.41 bits per heavy atom. The van der Waals surface area contributed by atoms with Crippen molar-refractivity contribution >= 4 is 33.7 Å². The Bertz CT molecular complexity index is 518. The van der Waals surface area contributed by atoms with Crippen molar-refractivity contribution in [2.24, 2.45) is 0 Å². The number of carbonyl (C=O) groups excluding carboxylic acids is 1. The molecule has 2 aromatic rings. The summed E-state index contributed by atoms with van der Waals surface area (Å²) in [5.74, 6) is 0.877. The minimum atomic E-state index is -0.253. The Labute approximate surface area is 106 Å². The number of halogens is 1. The maximum Gasteiger partial charge on any atom is 0.249 e. The maximum atomic E-state index is 11.5. The van der Waals surface area contributed by atoms with E-state index in [9.17, 15) is 4.79 Å². The van der Waals surface area contributed by atoms with Gasteiger partial charge >= 0.3 is 0 Å². The Kier molecular flexibility index (Phi) is 3.72. The van der Waals surface area contributed by atoms with Crippen molar-refractivity contribution in [1.29, 1.82) is 0 Å². The Balaban J connectivity index is 1.95. The highest BCUT2D eigenvalue weighted by atomic mass is 79.9. The van der Waals surface area contributed by atoms with Gasteiger partial charge in [0.05, 0.1) is 6.26 Å². The largest absolute Gasteiger partial charge is 0.465 e. The first-order valence-electron chi connectivity index (χ1n) is 4.88. The average Bonchev–Trinajstić information content (AvgIpc) is 2.83. The molecule has 5 heteroatoms. The molecule has 86 valence electrons. The number of nitrogens with one attached hydrogen (secondary N) is 1. The van der Waals surface area contributed by atoms with E-state index in [1.54, 1.807) is 42.8 Å². The van der Waals surface area contributed by atoms with Crippen molar-refractivity contribution in [1.82, 2.24) is 4.98 Å². The van der Waals surface area contributed by atoms with Crippen LogP contribution in [0.25, 0.3) is 6.08 Å². The Morgan fingerprint density at radius 3 is 2.94 bits per heavy atom. The number of hydrogen-bond donors (Lipinski definition) is 1. The van der Waals surface area contributed by atoms with Crippen molar-refractivity contribution in [2.75, 3.05) is 5.32 Å². The van der Waals surface area contributed by atoms with E-state index in [1.807, 2.05) is 0 Å². The molecule has 0 aliphatic rings. The molecule has 2 rings (SSSR count). The molecule has 0 aromatic carbocycles. The smallest absolute Gasteiger partial charge is 0.249 e. The zero-order valence-corrected chi connectivity index (χ0v) is 10.3. The van der Waals surface area contributed by atoms with Gasteiger partial charge in [-0.15, -0.1) is 0 Å². The van der Waals surface area contributed by atoms with E-state index in [1.165, 1.54) is 6.08 Å². The van der Waals surface area contributed by atoms with Crippen LogP contribution in [0.4, 0.5) is 5.82 Å². The summed E-state index contributed by atoms with van der Waals surface area (Å²) in [7, 11) is 0. The molecule has 2 heterocycles. The van der Waals surface area contributed by atoms with E-state index in [-0.39, 0.29) is 5.91 Å². The number of nitrogens with zero attached hydrogens (tertiary/aromatic N) is 1. The minimum Gasteiger partial charge on any atom is -0.465 e. The van der Waals surface area contributed by atoms with Gasteiger partial charge in [-0.1, -0.05) is 0 Å². The number of rotatable bonds is 3. The number of amides is 1. The van der Waals surface area contributed by atoms with E-state index in [0.29, 0.717) is 11.6 Å². The van der Waals surface area contributed by atoms with Gasteiger partial charge in [0, 0.05) is 16.7 Å². The Hall–Kier alpha value is -1.88. The first kappa shape index (κ1) is 11.6. The topological polar surface area (TPSA) is 55.1 Å². The summed E-state index contributed by atoms with van der Waals surface area (Å²) in [6, 6.07) is 7.04. The SMILES string of the molecule is O=C(/C=C\c1ccco1)Nc1ccc(Br)cn1. The van der Waals surface area contributed by atoms with Crippen LogP contribution in [-0.2, 0) is 4.79 Å². The lowest BCUT2D eigenvalue weighted by Crippen LogP contribution is -2.08. The number of furan rings is 1. The van der Waals surface area contributed by atoms with Crippen LogP contribution in [0.3, 0.4) is 0 Å². The summed E-state index contributed by atoms with van der Waals surface area (Å²) in [5, 5.41) is 2.63. The molecule has 0 unspecified atom stereocenters. The van der Waals surface area contributed by atoms with Crippen LogP contribution in [0.15, 0.2) is 51.7 Å². The quantitative estimate of drug-likeness (QED) is 0.885. The number of carbonyl (C=O) groups is 1. The lowest BCUT2D eigenvalue weighted by Gasteiger charge is -1.99. The molecule has 0 spiro atoms. The van der Waals surface area contributed by atoms with Gasteiger partial charge in [-0.05, 0) is 46.3 Å². The van der Waals surface area contributed by atoms with Crippen LogP contribution in [0.2, 0.25) is 0 Å². The van der Waals surface area contributed by atoms with Gasteiger partial charge in [-0.25, -0.2) is 4.98 Å². The van der Waals surface area contributed by atoms with Crippen molar-refractivity contribution in [3.8, 4) is 0 Å². The van der Waals surface area contributed by atoms with E-state index in [0.717, 1.165) is 4.47 Å². The molecule has 0 saturated carbocycles. The van der Waals surface area contributed by atoms with Crippen molar-refractivity contribution < 1.29 is 9.21 Å². The maximum absolute atomic E-state index is 11.5. The fourth-order valence-electron chi connectivity index (χ4n) is 1.16. The molecule has 2 aromatic heterocycles. The fraction of sp³-hybridized carbons (Fsp3) is 0. The summed E-state index contributed by atoms with van der Waals surface area (Å²) >= 11 is 3.27. The number of anilines is 1. The van der Waals surface area contributed by atoms with Crippen LogP contribution in [0.1, 0.15) is 5.76 Å². The average molecular weight is 293 g/mol. The molecule has 0 aliphatic heterocycles. The molecule has 1 amide bonds. The summed E-state index contributed by atoms with van der Waals surface area (Å²) in [5.41, 5.74) is 0. The van der Waals surface area contributed by atoms with Crippen molar-refractivity contribution in [2.45, 2.75) is 0 Å². The van der Waals surface area contributed by atoms with Crippen LogP contribution >= 0.6 is 15.9 Å². The second-order valence-corrected chi connectivity index (χ2v) is 4.12. The van der Waals surface area contributed by atoms with E-state index in [2.05, 4.69) is 26.2 Å². The summed E-state index contributed by atoms with van der Waals surface area (Å²) in [6.45, 7) is 0. The number of pyridine rings is 1. The zero-order chi connectivity index (χ0) is 12.1. The first-order valence-corrected chi connectivity index (χ1v) is 5.67. The molecule has 0 aliphatic carbocycles. The third-order valence-corrected chi connectivity index (χ3v) is 2.39. The van der Waals surface area contributed by atoms with Crippen molar-refractivity contribution in [3.05, 3.63) is 53.0 Å². The Morgan fingerprint density at radius 2 is 2.29 bits per heavy atom. The van der Waals surface area contributed by atoms with Gasteiger partial charge in [0.15, 0.2) is 0 Å². The van der Waals surface area contributed by atoms with Crippen LogP contribution in [-0.4, -0.2) is 10.9 Å². The third-order valence-electron chi connectivity index (χ3n) is 1.92. The molecule has 0 saturated heterocycles. The van der Waals surface area contributed by atoms with Crippen LogP contribution in [0, 0.1) is 0 Å². The van der Waals surface area contributed by atoms with Gasteiger partial charge in [-0.2, -0.15) is 0 Å². The minimum absolute atomic E-state index is 0.253. The monoisotopic (exact) mass is 292 g/mol. The van der Waals surface area contributed by atoms with Crippen LogP contribution in [0.5, 0.6) is 0 Å². The molecule has 0 atom stereocenters. The summed E-state index contributed by atoms with van der Waals surface area (Å²) in [4.78, 5) is 15.5. The molecule has 4 nitrogen and oxygen atoms in total. The molecule has 0 bridgehead atoms. The predicted octanol–water partition coefficient (Wildman–Crippen LogP) is 3.09. The van der Waals surface area contributed by atoms with Crippen molar-refractivity contribution in [3.63, 3.8) is 0 Å². The molecule has 17 heavy (non-hydrogen) atoms. The molecule has 1 N–H and O–H groups in total. The first-order chi connectivity index (χ1) is 8.24. The summed E-state index contributed by atoms with van der Waals surface area (Å²) in [6.07, 6.45) is 6.15. The van der Waals surface area contributed by atoms with Gasteiger partial charge in [0.2, 0.25) is 5.91 Å². The number of aromatic nitrogens is 1. The lowest BCUT2D eigenvalue weighted by atomic mass is 10.4. The summed E-state index contributed by atoms with van der Waals surface area (Å²) < 4.78 is 5.92. The molecule has 0 radical (unpaired) electrons. The highest BCUT2D eigenvalue weighted by molar-refractivity contribution is 9.10. The lowest BCUT2D eigenvalue weighted by molar-refractivity contribution is -0.111. The standard InChI is InChI=1S/C12H9BrN2O2/c13-9-3-5-11(14-8-9)15-12(16)6-4-10-2-1-7-17-10/h1-8H,(H,14,15,16)/b6-4-. The van der Waals surface area contributed by atoms with Gasteiger partial charge in [0.1, 0.15) is 11.6 Å². The molecule has 0 fully saturated rings. The third kappa shape index (κ3) is 3.57. The predicted molar refractivity (Wildman–Crippen MR) is 68.3 cm³/mol. The van der Waals surface area contributed by atoms with E-state index < -0.39 is 0 Å². The van der Waals surface area contributed by atoms with Gasteiger partial charge < -0.3 is 9.73 Å². The van der Waals surface area contributed by atoms with E-state index >= 15 is 0 Å². The normalized spacial score (nSPS) is 10.6. The number of hydrogen-bond acceptors (Lipinski definition) is 3. The van der Waals surface area contributed by atoms with E-state index in [4.69, 9.17) is 4.42 Å². The molecular formula is C12H9BrN2O2. The van der Waals surface area contributed by atoms with Gasteiger partial charge in [-0.3, -0.25) is 4.79 Å².